The average molecular weight is 312 g/mol. The van der Waals surface area contributed by atoms with Gasteiger partial charge in [0.25, 0.3) is 0 Å². The predicted octanol–water partition coefficient (Wildman–Crippen LogP) is 2.84. The lowest BCUT2D eigenvalue weighted by atomic mass is 9.85. The molecule has 0 bridgehead atoms. The minimum absolute atomic E-state index is 0.0429. The van der Waals surface area contributed by atoms with E-state index >= 15 is 0 Å². The number of nitrogens with one attached hydrogen (secondary N) is 2. The molecule has 1 amide bonds. The van der Waals surface area contributed by atoms with E-state index in [1.165, 1.54) is 12.8 Å². The number of rotatable bonds is 5. The van der Waals surface area contributed by atoms with Crippen molar-refractivity contribution in [2.24, 2.45) is 11.8 Å². The molecule has 5 nitrogen and oxygen atoms in total. The van der Waals surface area contributed by atoms with Crippen molar-refractivity contribution in [1.29, 1.82) is 0 Å². The van der Waals surface area contributed by atoms with Gasteiger partial charge in [0, 0.05) is 18.7 Å². The zero-order valence-corrected chi connectivity index (χ0v) is 13.5. The molecule has 2 N–H and O–H groups in total. The van der Waals surface area contributed by atoms with Gasteiger partial charge in [0.15, 0.2) is 5.82 Å². The molecule has 2 heterocycles. The predicted molar refractivity (Wildman–Crippen MR) is 91.6 cm³/mol. The average Bonchev–Trinajstić information content (AvgIpc) is 3.04. The number of piperidine rings is 1. The number of hydrogen-bond donors (Lipinski definition) is 2. The summed E-state index contributed by atoms with van der Waals surface area (Å²) in [5.41, 5.74) is 0.981. The summed E-state index contributed by atoms with van der Waals surface area (Å²) >= 11 is 0. The highest BCUT2D eigenvalue weighted by Gasteiger charge is 2.22. The molecule has 1 aromatic carbocycles. The van der Waals surface area contributed by atoms with E-state index < -0.39 is 0 Å². The molecule has 1 aromatic heterocycles. The van der Waals surface area contributed by atoms with Crippen LogP contribution in [0.1, 0.15) is 26.2 Å². The molecule has 0 aliphatic carbocycles. The molecule has 2 unspecified atom stereocenters. The Morgan fingerprint density at radius 2 is 2.22 bits per heavy atom. The molecule has 1 aliphatic rings. The molecular formula is C18H24N4O. The van der Waals surface area contributed by atoms with E-state index in [4.69, 9.17) is 0 Å². The quantitative estimate of drug-likeness (QED) is 0.892. The number of hydrogen-bond acceptors (Lipinski definition) is 3. The first kappa shape index (κ1) is 15.7. The molecule has 1 aliphatic heterocycles. The molecule has 2 aromatic rings. The van der Waals surface area contributed by atoms with Crippen LogP contribution in [0.2, 0.25) is 0 Å². The fraction of sp³-hybridized carbons (Fsp3) is 0.444. The second kappa shape index (κ2) is 7.42. The van der Waals surface area contributed by atoms with Crippen LogP contribution in [0, 0.1) is 11.8 Å². The van der Waals surface area contributed by atoms with Crippen LogP contribution in [-0.4, -0.2) is 28.8 Å². The Labute approximate surface area is 137 Å². The lowest BCUT2D eigenvalue weighted by molar-refractivity contribution is -0.117. The number of benzene rings is 1. The van der Waals surface area contributed by atoms with Crippen molar-refractivity contribution in [3.8, 4) is 5.69 Å². The zero-order valence-electron chi connectivity index (χ0n) is 13.5. The molecule has 2 atom stereocenters. The van der Waals surface area contributed by atoms with Crippen LogP contribution in [0.25, 0.3) is 5.69 Å². The van der Waals surface area contributed by atoms with Crippen molar-refractivity contribution in [2.45, 2.75) is 26.2 Å². The fourth-order valence-corrected chi connectivity index (χ4v) is 3.13. The summed E-state index contributed by atoms with van der Waals surface area (Å²) < 4.78 is 1.77. The van der Waals surface area contributed by atoms with Gasteiger partial charge in [0.1, 0.15) is 0 Å². The minimum Gasteiger partial charge on any atom is -0.316 e. The van der Waals surface area contributed by atoms with Gasteiger partial charge < -0.3 is 10.6 Å². The van der Waals surface area contributed by atoms with E-state index in [2.05, 4.69) is 22.7 Å². The van der Waals surface area contributed by atoms with E-state index in [0.717, 1.165) is 18.8 Å². The van der Waals surface area contributed by atoms with Gasteiger partial charge in [-0.25, -0.2) is 4.68 Å². The Bertz CT molecular complexity index is 631. The molecule has 5 heteroatoms. The number of anilines is 1. The van der Waals surface area contributed by atoms with Gasteiger partial charge in [-0.1, -0.05) is 25.1 Å². The second-order valence-electron chi connectivity index (χ2n) is 6.32. The van der Waals surface area contributed by atoms with Crippen molar-refractivity contribution < 1.29 is 4.79 Å². The van der Waals surface area contributed by atoms with Crippen molar-refractivity contribution in [3.63, 3.8) is 0 Å². The van der Waals surface area contributed by atoms with Gasteiger partial charge in [-0.2, -0.15) is 5.10 Å². The third-order valence-electron chi connectivity index (χ3n) is 4.52. The fourth-order valence-electron chi connectivity index (χ4n) is 3.13. The van der Waals surface area contributed by atoms with Crippen LogP contribution >= 0.6 is 0 Å². The van der Waals surface area contributed by atoms with Crippen molar-refractivity contribution in [2.75, 3.05) is 18.4 Å². The third-order valence-corrected chi connectivity index (χ3v) is 4.52. The Morgan fingerprint density at radius 1 is 1.39 bits per heavy atom. The summed E-state index contributed by atoms with van der Waals surface area (Å²) in [6, 6.07) is 11.7. The Hall–Kier alpha value is -2.14. The topological polar surface area (TPSA) is 59.0 Å². The van der Waals surface area contributed by atoms with Crippen molar-refractivity contribution in [3.05, 3.63) is 42.6 Å². The first-order chi connectivity index (χ1) is 11.2. The number of carbonyl (C=O) groups is 1. The number of amides is 1. The molecule has 1 fully saturated rings. The number of nitrogens with zero attached hydrogens (tertiary/aromatic N) is 2. The first-order valence-electron chi connectivity index (χ1n) is 8.34. The van der Waals surface area contributed by atoms with Crippen LogP contribution in [0.15, 0.2) is 42.6 Å². The smallest absolute Gasteiger partial charge is 0.225 e. The second-order valence-corrected chi connectivity index (χ2v) is 6.32. The van der Waals surface area contributed by atoms with E-state index in [9.17, 15) is 4.79 Å². The minimum atomic E-state index is 0.0429. The molecule has 23 heavy (non-hydrogen) atoms. The molecule has 0 saturated carbocycles. The summed E-state index contributed by atoms with van der Waals surface area (Å²) in [5, 5.41) is 10.7. The van der Waals surface area contributed by atoms with Crippen LogP contribution in [0.3, 0.4) is 0 Å². The number of carbonyl (C=O) groups excluding carboxylic acids is 1. The zero-order chi connectivity index (χ0) is 16.1. The normalized spacial score (nSPS) is 19.3. The number of para-hydroxylation sites is 1. The lowest BCUT2D eigenvalue weighted by Crippen LogP contribution is -2.34. The SMILES string of the molecule is CC(CC(=O)Nc1ccn(-c2ccccc2)n1)C1CCCNC1. The van der Waals surface area contributed by atoms with Gasteiger partial charge in [0.2, 0.25) is 5.91 Å². The maximum atomic E-state index is 12.2. The van der Waals surface area contributed by atoms with Gasteiger partial charge in [-0.15, -0.1) is 0 Å². The Kier molecular flexibility index (Phi) is 5.08. The van der Waals surface area contributed by atoms with Crippen LogP contribution < -0.4 is 10.6 Å². The van der Waals surface area contributed by atoms with Crippen molar-refractivity contribution >= 4 is 11.7 Å². The van der Waals surface area contributed by atoms with E-state index in [1.807, 2.05) is 42.6 Å². The molecule has 1 saturated heterocycles. The van der Waals surface area contributed by atoms with Crippen molar-refractivity contribution in [1.82, 2.24) is 15.1 Å². The van der Waals surface area contributed by atoms with Crippen LogP contribution in [0.5, 0.6) is 0 Å². The highest BCUT2D eigenvalue weighted by atomic mass is 16.1. The van der Waals surface area contributed by atoms with Gasteiger partial charge in [-0.05, 0) is 49.9 Å². The standard InChI is InChI=1S/C18H24N4O/c1-14(15-6-5-10-19-13-15)12-18(23)20-17-9-11-22(21-17)16-7-3-2-4-8-16/h2-4,7-9,11,14-15,19H,5-6,10,12-13H2,1H3,(H,20,21,23). The molecular weight excluding hydrogens is 288 g/mol. The Balaban J connectivity index is 1.55. The third kappa shape index (κ3) is 4.20. The Morgan fingerprint density at radius 3 is 2.96 bits per heavy atom. The first-order valence-corrected chi connectivity index (χ1v) is 8.34. The van der Waals surface area contributed by atoms with Crippen LogP contribution in [0.4, 0.5) is 5.82 Å². The van der Waals surface area contributed by atoms with Gasteiger partial charge in [-0.3, -0.25) is 4.79 Å². The molecule has 0 radical (unpaired) electrons. The maximum Gasteiger partial charge on any atom is 0.225 e. The maximum absolute atomic E-state index is 12.2. The van der Waals surface area contributed by atoms with Gasteiger partial charge in [0.05, 0.1) is 5.69 Å². The lowest BCUT2D eigenvalue weighted by Gasteiger charge is -2.27. The summed E-state index contributed by atoms with van der Waals surface area (Å²) in [7, 11) is 0. The largest absolute Gasteiger partial charge is 0.316 e. The number of aromatic nitrogens is 2. The molecule has 122 valence electrons. The highest BCUT2D eigenvalue weighted by molar-refractivity contribution is 5.89. The summed E-state index contributed by atoms with van der Waals surface area (Å²) in [5.74, 6) is 1.63. The summed E-state index contributed by atoms with van der Waals surface area (Å²) in [6.45, 7) is 4.29. The molecule has 0 spiro atoms. The summed E-state index contributed by atoms with van der Waals surface area (Å²) in [4.78, 5) is 12.2. The monoisotopic (exact) mass is 312 g/mol. The van der Waals surface area contributed by atoms with E-state index in [0.29, 0.717) is 24.1 Å². The summed E-state index contributed by atoms with van der Waals surface area (Å²) in [6.07, 6.45) is 4.83. The molecule has 3 rings (SSSR count). The van der Waals surface area contributed by atoms with Crippen LogP contribution in [-0.2, 0) is 4.79 Å². The van der Waals surface area contributed by atoms with E-state index in [-0.39, 0.29) is 5.91 Å². The van der Waals surface area contributed by atoms with E-state index in [1.54, 1.807) is 4.68 Å². The highest BCUT2D eigenvalue weighted by Crippen LogP contribution is 2.23. The van der Waals surface area contributed by atoms with Gasteiger partial charge >= 0.3 is 0 Å².